The first-order chi connectivity index (χ1) is 11.0. The first-order valence-electron chi connectivity index (χ1n) is 7.59. The molecule has 0 fully saturated rings. The topological polar surface area (TPSA) is 65.5 Å². The summed E-state index contributed by atoms with van der Waals surface area (Å²) in [6, 6.07) is 14.0. The third kappa shape index (κ3) is 3.37. The number of hydrogen-bond acceptors (Lipinski definition) is 4. The van der Waals surface area contributed by atoms with Crippen LogP contribution in [-0.2, 0) is 0 Å². The normalized spacial score (nSPS) is 11.1. The lowest BCUT2D eigenvalue weighted by Gasteiger charge is -2.09. The second-order valence-electron chi connectivity index (χ2n) is 5.96. The van der Waals surface area contributed by atoms with E-state index < -0.39 is 0 Å². The Balaban J connectivity index is 2.06. The first kappa shape index (κ1) is 15.2. The summed E-state index contributed by atoms with van der Waals surface area (Å²) in [5.41, 5.74) is 7.62. The molecule has 0 atom stereocenters. The van der Waals surface area contributed by atoms with E-state index >= 15 is 0 Å². The van der Waals surface area contributed by atoms with Crippen molar-refractivity contribution in [2.24, 2.45) is 5.92 Å². The lowest BCUT2D eigenvalue weighted by molar-refractivity contribution is 0.271. The van der Waals surface area contributed by atoms with E-state index in [4.69, 9.17) is 14.9 Å². The van der Waals surface area contributed by atoms with Crippen LogP contribution in [0.15, 0.2) is 57.7 Å². The standard InChI is InChI=1S/C19H19NO3/c1-12(2)11-22-15-6-7-16-17(21)10-18(23-19(16)9-15)13-4-3-5-14(20)8-13/h3-10,12H,11,20H2,1-2H3. The Morgan fingerprint density at radius 3 is 2.70 bits per heavy atom. The van der Waals surface area contributed by atoms with Gasteiger partial charge in [0.25, 0.3) is 0 Å². The molecule has 0 aliphatic rings. The summed E-state index contributed by atoms with van der Waals surface area (Å²) >= 11 is 0. The predicted molar refractivity (Wildman–Crippen MR) is 92.7 cm³/mol. The number of benzene rings is 2. The van der Waals surface area contributed by atoms with Crippen LogP contribution in [0.2, 0.25) is 0 Å². The highest BCUT2D eigenvalue weighted by Gasteiger charge is 2.09. The maximum atomic E-state index is 12.3. The van der Waals surface area contributed by atoms with Gasteiger partial charge in [-0.1, -0.05) is 26.0 Å². The fraction of sp³-hybridized carbons (Fsp3) is 0.211. The van der Waals surface area contributed by atoms with Crippen LogP contribution in [0.5, 0.6) is 5.75 Å². The lowest BCUT2D eigenvalue weighted by atomic mass is 10.1. The molecule has 2 N–H and O–H groups in total. The van der Waals surface area contributed by atoms with E-state index in [1.165, 1.54) is 6.07 Å². The average Bonchev–Trinajstić information content (AvgIpc) is 2.52. The molecule has 0 amide bonds. The monoisotopic (exact) mass is 309 g/mol. The highest BCUT2D eigenvalue weighted by molar-refractivity contribution is 5.80. The van der Waals surface area contributed by atoms with Gasteiger partial charge in [0.05, 0.1) is 12.0 Å². The molecule has 0 bridgehead atoms. The Hall–Kier alpha value is -2.75. The SMILES string of the molecule is CC(C)COc1ccc2c(=O)cc(-c3cccc(N)c3)oc2c1. The maximum Gasteiger partial charge on any atom is 0.193 e. The van der Waals surface area contributed by atoms with Crippen LogP contribution in [0.1, 0.15) is 13.8 Å². The lowest BCUT2D eigenvalue weighted by Crippen LogP contribution is -2.05. The van der Waals surface area contributed by atoms with E-state index in [1.807, 2.05) is 12.1 Å². The van der Waals surface area contributed by atoms with Gasteiger partial charge >= 0.3 is 0 Å². The fourth-order valence-electron chi connectivity index (χ4n) is 2.32. The van der Waals surface area contributed by atoms with Crippen molar-refractivity contribution in [2.75, 3.05) is 12.3 Å². The van der Waals surface area contributed by atoms with E-state index in [1.54, 1.807) is 30.3 Å². The number of ether oxygens (including phenoxy) is 1. The van der Waals surface area contributed by atoms with Crippen LogP contribution >= 0.6 is 0 Å². The van der Waals surface area contributed by atoms with Crippen molar-refractivity contribution in [2.45, 2.75) is 13.8 Å². The molecule has 0 aliphatic heterocycles. The molecule has 0 saturated heterocycles. The van der Waals surface area contributed by atoms with Crippen molar-refractivity contribution in [3.8, 4) is 17.1 Å². The van der Waals surface area contributed by atoms with Crippen molar-refractivity contribution < 1.29 is 9.15 Å². The summed E-state index contributed by atoms with van der Waals surface area (Å²) in [5, 5.41) is 0.537. The molecule has 3 aromatic rings. The number of rotatable bonds is 4. The first-order valence-corrected chi connectivity index (χ1v) is 7.59. The quantitative estimate of drug-likeness (QED) is 0.738. The summed E-state index contributed by atoms with van der Waals surface area (Å²) in [5.74, 6) is 1.62. The van der Waals surface area contributed by atoms with E-state index in [2.05, 4.69) is 13.8 Å². The molecule has 0 spiro atoms. The maximum absolute atomic E-state index is 12.3. The molecule has 4 nitrogen and oxygen atoms in total. The Morgan fingerprint density at radius 1 is 1.13 bits per heavy atom. The van der Waals surface area contributed by atoms with Gasteiger partial charge in [-0.3, -0.25) is 4.79 Å². The molecule has 0 unspecified atom stereocenters. The summed E-state index contributed by atoms with van der Waals surface area (Å²) in [7, 11) is 0. The van der Waals surface area contributed by atoms with E-state index in [9.17, 15) is 4.79 Å². The minimum absolute atomic E-state index is 0.0842. The summed E-state index contributed by atoms with van der Waals surface area (Å²) in [6.07, 6.45) is 0. The molecule has 23 heavy (non-hydrogen) atoms. The van der Waals surface area contributed by atoms with Crippen molar-refractivity contribution in [3.05, 3.63) is 58.8 Å². The summed E-state index contributed by atoms with van der Waals surface area (Å²) < 4.78 is 11.6. The Bertz CT molecular complexity index is 897. The molecule has 1 heterocycles. The molecule has 118 valence electrons. The highest BCUT2D eigenvalue weighted by Crippen LogP contribution is 2.26. The van der Waals surface area contributed by atoms with Gasteiger partial charge in [0.2, 0.25) is 0 Å². The van der Waals surface area contributed by atoms with Crippen LogP contribution in [0, 0.1) is 5.92 Å². The molecule has 2 aromatic carbocycles. The number of hydrogen-bond donors (Lipinski definition) is 1. The Labute approximate surface area is 134 Å². The van der Waals surface area contributed by atoms with Crippen molar-refractivity contribution in [3.63, 3.8) is 0 Å². The van der Waals surface area contributed by atoms with Gasteiger partial charge in [-0.05, 0) is 30.2 Å². The van der Waals surface area contributed by atoms with Gasteiger partial charge < -0.3 is 14.9 Å². The van der Waals surface area contributed by atoms with Gasteiger partial charge in [-0.15, -0.1) is 0 Å². The van der Waals surface area contributed by atoms with Crippen LogP contribution in [0.3, 0.4) is 0 Å². The van der Waals surface area contributed by atoms with Crippen molar-refractivity contribution in [1.29, 1.82) is 0 Å². The van der Waals surface area contributed by atoms with Gasteiger partial charge in [-0.25, -0.2) is 0 Å². The summed E-state index contributed by atoms with van der Waals surface area (Å²) in [6.45, 7) is 4.78. The van der Waals surface area contributed by atoms with Crippen molar-refractivity contribution in [1.82, 2.24) is 0 Å². The Kier molecular flexibility index (Phi) is 4.06. The van der Waals surface area contributed by atoms with Crippen molar-refractivity contribution >= 4 is 16.7 Å². The summed E-state index contributed by atoms with van der Waals surface area (Å²) in [4.78, 5) is 12.3. The minimum atomic E-state index is -0.0842. The van der Waals surface area contributed by atoms with Crippen LogP contribution in [0.4, 0.5) is 5.69 Å². The van der Waals surface area contributed by atoms with Crippen LogP contribution in [-0.4, -0.2) is 6.61 Å². The van der Waals surface area contributed by atoms with Gasteiger partial charge in [0.1, 0.15) is 17.1 Å². The molecule has 1 aromatic heterocycles. The average molecular weight is 309 g/mol. The highest BCUT2D eigenvalue weighted by atomic mass is 16.5. The van der Waals surface area contributed by atoms with Gasteiger partial charge in [0, 0.05) is 23.4 Å². The zero-order valence-corrected chi connectivity index (χ0v) is 13.2. The van der Waals surface area contributed by atoms with Crippen LogP contribution in [0.25, 0.3) is 22.3 Å². The zero-order valence-electron chi connectivity index (χ0n) is 13.2. The molecule has 4 heteroatoms. The fourth-order valence-corrected chi connectivity index (χ4v) is 2.32. The van der Waals surface area contributed by atoms with E-state index in [0.29, 0.717) is 40.7 Å². The molecular weight excluding hydrogens is 290 g/mol. The smallest absolute Gasteiger partial charge is 0.193 e. The number of nitrogens with two attached hydrogens (primary N) is 1. The third-order valence-corrected chi connectivity index (χ3v) is 3.46. The molecular formula is C19H19NO3. The number of anilines is 1. The number of fused-ring (bicyclic) bond motifs is 1. The second-order valence-corrected chi connectivity index (χ2v) is 5.96. The van der Waals surface area contributed by atoms with Crippen LogP contribution < -0.4 is 15.9 Å². The minimum Gasteiger partial charge on any atom is -0.493 e. The van der Waals surface area contributed by atoms with E-state index in [-0.39, 0.29) is 5.43 Å². The zero-order chi connectivity index (χ0) is 16.4. The van der Waals surface area contributed by atoms with Gasteiger partial charge in [0.15, 0.2) is 5.43 Å². The molecule has 0 aliphatic carbocycles. The Morgan fingerprint density at radius 2 is 1.96 bits per heavy atom. The largest absolute Gasteiger partial charge is 0.493 e. The molecule has 3 rings (SSSR count). The molecule has 0 radical (unpaired) electrons. The molecule has 0 saturated carbocycles. The van der Waals surface area contributed by atoms with Gasteiger partial charge in [-0.2, -0.15) is 0 Å². The predicted octanol–water partition coefficient (Wildman–Crippen LogP) is 4.08. The third-order valence-electron chi connectivity index (χ3n) is 3.46. The second kappa shape index (κ2) is 6.16. The van der Waals surface area contributed by atoms with E-state index in [0.717, 1.165) is 5.56 Å². The number of nitrogen functional groups attached to an aromatic ring is 1.